The van der Waals surface area contributed by atoms with Crippen LogP contribution in [-0.2, 0) is 12.8 Å². The summed E-state index contributed by atoms with van der Waals surface area (Å²) in [4.78, 5) is 47.1. The van der Waals surface area contributed by atoms with Gasteiger partial charge in [0.2, 0.25) is 0 Å². The Morgan fingerprint density at radius 2 is 0.632 bits per heavy atom. The molecule has 4 N–H and O–H groups in total. The summed E-state index contributed by atoms with van der Waals surface area (Å²) in [5.41, 5.74) is 18.9. The first-order valence-electron chi connectivity index (χ1n) is 22.9. The summed E-state index contributed by atoms with van der Waals surface area (Å²) in [7, 11) is 0. The van der Waals surface area contributed by atoms with Gasteiger partial charge >= 0.3 is 0 Å². The number of H-pyrrole nitrogens is 4. The first kappa shape index (κ1) is 36.0. The predicted molar refractivity (Wildman–Crippen MR) is 271 cm³/mol. The number of hydrogen-bond acceptors (Lipinski definition) is 6. The van der Waals surface area contributed by atoms with Gasteiger partial charge in [0, 0.05) is 137 Å². The molecule has 0 aliphatic carbocycles. The second-order valence-corrected chi connectivity index (χ2v) is 18.3. The van der Waals surface area contributed by atoms with Crippen molar-refractivity contribution in [2.75, 3.05) is 0 Å². The molecule has 0 saturated carbocycles. The van der Waals surface area contributed by atoms with E-state index < -0.39 is 0 Å². The van der Waals surface area contributed by atoms with Crippen molar-refractivity contribution in [3.63, 3.8) is 0 Å². The van der Waals surface area contributed by atoms with Crippen LogP contribution in [0, 0.1) is 0 Å². The number of nitrogens with one attached hydrogen (secondary N) is 4. The number of hydrogen-bond donors (Lipinski definition) is 4. The van der Waals surface area contributed by atoms with E-state index in [2.05, 4.69) is 163 Å². The van der Waals surface area contributed by atoms with Crippen LogP contribution >= 0.6 is 0 Å². The monoisotopic (exact) mass is 870 g/mol. The molecule has 16 rings (SSSR count). The average Bonchev–Trinajstić information content (AvgIpc) is 4.19. The summed E-state index contributed by atoms with van der Waals surface area (Å²) < 4.78 is 0. The molecule has 0 amide bonds. The molecule has 10 heteroatoms. The first-order chi connectivity index (χ1) is 33.6. The quantitative estimate of drug-likeness (QED) is 0.120. The molecule has 4 aromatic carbocycles. The van der Waals surface area contributed by atoms with Crippen LogP contribution in [0.25, 0.3) is 144 Å². The van der Waals surface area contributed by atoms with Crippen LogP contribution in [0.15, 0.2) is 158 Å². The van der Waals surface area contributed by atoms with Crippen LogP contribution in [-0.4, -0.2) is 49.8 Å². The summed E-state index contributed by atoms with van der Waals surface area (Å²) in [6.07, 6.45) is 8.93. The molecular formula is C58H34N10. The third-order valence-corrected chi connectivity index (χ3v) is 14.2. The third kappa shape index (κ3) is 5.16. The summed E-state index contributed by atoms with van der Waals surface area (Å²) >= 11 is 0. The second-order valence-electron chi connectivity index (χ2n) is 18.3. The number of pyridine rings is 6. The number of rotatable bonds is 0. The zero-order chi connectivity index (χ0) is 44.2. The Morgan fingerprint density at radius 3 is 0.985 bits per heavy atom. The van der Waals surface area contributed by atoms with E-state index in [9.17, 15) is 0 Å². The van der Waals surface area contributed by atoms with Crippen molar-refractivity contribution in [1.82, 2.24) is 49.8 Å². The maximum atomic E-state index is 5.72. The van der Waals surface area contributed by atoms with E-state index in [1.165, 1.54) is 0 Å². The maximum absolute atomic E-state index is 5.72. The molecular weight excluding hydrogens is 837 g/mol. The topological polar surface area (TPSA) is 140 Å². The van der Waals surface area contributed by atoms with Gasteiger partial charge in [-0.1, -0.05) is 72.8 Å². The number of para-hydroxylation sites is 4. The van der Waals surface area contributed by atoms with E-state index >= 15 is 0 Å². The van der Waals surface area contributed by atoms with Gasteiger partial charge < -0.3 is 19.9 Å². The second kappa shape index (κ2) is 13.2. The molecule has 14 aromatic rings. The molecule has 0 spiro atoms. The SMILES string of the molecule is c1cc2c3[nH]c(cc3c1)Cc1cc3cccc(c3[nH]1)-c1nc(cc3c4nc(cc13)-c1cc3cnccc3c(n1)-c1cccc3cc([nH]c13)Cc1cc3cccc-4c3[nH]1)-c1cc3cnccc3c-2n1. The lowest BCUT2D eigenvalue weighted by atomic mass is 9.95. The van der Waals surface area contributed by atoms with E-state index in [1.54, 1.807) is 0 Å². The van der Waals surface area contributed by atoms with Crippen molar-refractivity contribution in [3.05, 3.63) is 181 Å². The van der Waals surface area contributed by atoms with Crippen LogP contribution in [0.4, 0.5) is 0 Å². The highest BCUT2D eigenvalue weighted by Gasteiger charge is 2.25. The van der Waals surface area contributed by atoms with Crippen molar-refractivity contribution in [3.8, 4) is 67.8 Å². The lowest BCUT2D eigenvalue weighted by Crippen LogP contribution is -2.00. The standard InChI is InChI=1S/C58H34N10/c1-5-29-17-35-23-37-19-31-7-3-11-43(53(31)63-37)57-46-26-50-48-22-34-28-60-16-14-40(34)56(66-48)42-10-2-6-30-18-36(62-52(30)42)24-38-20-32-8-4-12-44(54(32)64-38)58(68-50)45(46)25-49(67-57)47-21-33-27-59-15-13-39(33)55(65-47)41(9-1)51(29)61-35/h1-22,25-28,61-64H,23-24H2. The Bertz CT molecular complexity index is 4240. The molecule has 68 heavy (non-hydrogen) atoms. The van der Waals surface area contributed by atoms with Crippen LogP contribution in [0.3, 0.4) is 0 Å². The molecule has 16 bridgehead atoms. The summed E-state index contributed by atoms with van der Waals surface area (Å²) in [6, 6.07) is 47.7. The van der Waals surface area contributed by atoms with Gasteiger partial charge in [-0.25, -0.2) is 19.9 Å². The fourth-order valence-electron chi connectivity index (χ4n) is 11.2. The summed E-state index contributed by atoms with van der Waals surface area (Å²) in [6.45, 7) is 0. The van der Waals surface area contributed by atoms with Gasteiger partial charge in [0.05, 0.1) is 67.6 Å². The van der Waals surface area contributed by atoms with Gasteiger partial charge in [-0.15, -0.1) is 0 Å². The molecule has 316 valence electrons. The molecule has 0 radical (unpaired) electrons. The van der Waals surface area contributed by atoms with Crippen molar-refractivity contribution < 1.29 is 0 Å². The Kier molecular flexibility index (Phi) is 6.97. The first-order valence-corrected chi connectivity index (χ1v) is 22.9. The van der Waals surface area contributed by atoms with Crippen molar-refractivity contribution in [2.45, 2.75) is 12.8 Å². The van der Waals surface area contributed by atoms with Gasteiger partial charge in [0.15, 0.2) is 0 Å². The van der Waals surface area contributed by atoms with Crippen molar-refractivity contribution in [1.29, 1.82) is 0 Å². The van der Waals surface area contributed by atoms with E-state index in [4.69, 9.17) is 19.9 Å². The summed E-state index contributed by atoms with van der Waals surface area (Å²) in [5.74, 6) is 0. The van der Waals surface area contributed by atoms with Gasteiger partial charge in [-0.05, 0) is 60.7 Å². The fraction of sp³-hybridized carbons (Fsp3) is 0.0345. The minimum absolute atomic E-state index is 0.692. The average molecular weight is 871 g/mol. The highest BCUT2D eigenvalue weighted by Crippen LogP contribution is 2.44. The molecule has 0 saturated heterocycles. The summed E-state index contributed by atoms with van der Waals surface area (Å²) in [5, 5.41) is 10.4. The van der Waals surface area contributed by atoms with Crippen LogP contribution in [0.1, 0.15) is 22.8 Å². The van der Waals surface area contributed by atoms with Crippen molar-refractivity contribution in [2.24, 2.45) is 0 Å². The van der Waals surface area contributed by atoms with E-state index in [0.29, 0.717) is 12.8 Å². The largest absolute Gasteiger partial charge is 0.358 e. The molecule has 0 fully saturated rings. The highest BCUT2D eigenvalue weighted by atomic mass is 14.9. The Labute approximate surface area is 385 Å². The smallest absolute Gasteiger partial charge is 0.0901 e. The van der Waals surface area contributed by atoms with E-state index in [0.717, 1.165) is 167 Å². The van der Waals surface area contributed by atoms with Crippen LogP contribution in [0.2, 0.25) is 0 Å². The zero-order valence-corrected chi connectivity index (χ0v) is 36.1. The van der Waals surface area contributed by atoms with Gasteiger partial charge in [0.25, 0.3) is 0 Å². The maximum Gasteiger partial charge on any atom is 0.0901 e. The van der Waals surface area contributed by atoms with E-state index in [-0.39, 0.29) is 0 Å². The minimum atomic E-state index is 0.692. The number of aromatic nitrogens is 10. The normalized spacial score (nSPS) is 12.9. The predicted octanol–water partition coefficient (Wildman–Crippen LogP) is 13.3. The van der Waals surface area contributed by atoms with Gasteiger partial charge in [-0.3, -0.25) is 9.97 Å². The molecule has 2 aliphatic rings. The minimum Gasteiger partial charge on any atom is -0.358 e. The molecule has 2 aliphatic heterocycles. The molecule has 12 heterocycles. The van der Waals surface area contributed by atoms with Gasteiger partial charge in [0.1, 0.15) is 0 Å². The van der Waals surface area contributed by atoms with Crippen LogP contribution < -0.4 is 0 Å². The number of nitrogens with zero attached hydrogens (tertiary/aromatic N) is 6. The lowest BCUT2D eigenvalue weighted by molar-refractivity contribution is 1.07. The molecule has 0 unspecified atom stereocenters. The Hall–Kier alpha value is -9.28. The fourth-order valence-corrected chi connectivity index (χ4v) is 11.2. The van der Waals surface area contributed by atoms with Crippen molar-refractivity contribution >= 4 is 75.9 Å². The molecule has 0 atom stereocenters. The number of benzene rings is 4. The Morgan fingerprint density at radius 1 is 0.309 bits per heavy atom. The third-order valence-electron chi connectivity index (χ3n) is 14.2. The van der Waals surface area contributed by atoms with Gasteiger partial charge in [-0.2, -0.15) is 0 Å². The van der Waals surface area contributed by atoms with E-state index in [1.807, 2.05) is 24.8 Å². The number of fused-ring (bicyclic) bond motifs is 25. The highest BCUT2D eigenvalue weighted by molar-refractivity contribution is 6.12. The zero-order valence-electron chi connectivity index (χ0n) is 36.1. The molecule has 10 aromatic heterocycles. The number of aromatic amines is 4. The van der Waals surface area contributed by atoms with Crippen LogP contribution in [0.5, 0.6) is 0 Å². The Balaban J connectivity index is 1.08. The molecule has 10 nitrogen and oxygen atoms in total. The lowest BCUT2D eigenvalue weighted by Gasteiger charge is -2.17.